The molecule has 0 spiro atoms. The second-order valence-electron chi connectivity index (χ2n) is 4.81. The summed E-state index contributed by atoms with van der Waals surface area (Å²) >= 11 is 6.97. The zero-order valence-electron chi connectivity index (χ0n) is 11.3. The molecule has 1 fully saturated rings. The minimum Gasteiger partial charge on any atom is -0.382 e. The highest BCUT2D eigenvalue weighted by Gasteiger charge is 2.20. The normalized spacial score (nSPS) is 15.8. The highest BCUT2D eigenvalue weighted by Crippen LogP contribution is 2.29. The van der Waals surface area contributed by atoms with Gasteiger partial charge >= 0.3 is 0 Å². The molecule has 1 aromatic heterocycles. The molecule has 0 bridgehead atoms. The number of hydrogen-bond acceptors (Lipinski definition) is 5. The van der Waals surface area contributed by atoms with Crippen molar-refractivity contribution in [2.75, 3.05) is 30.3 Å². The second-order valence-corrected chi connectivity index (χ2v) is 6.32. The van der Waals surface area contributed by atoms with Crippen LogP contribution in [0, 0.1) is 0 Å². The molecular weight excluding hydrogens is 296 g/mol. The number of anilines is 2. The molecule has 0 aliphatic carbocycles. The van der Waals surface area contributed by atoms with E-state index in [9.17, 15) is 4.79 Å². The number of hydrogen-bond donors (Lipinski definition) is 2. The average Bonchev–Trinajstić information content (AvgIpc) is 2.65. The van der Waals surface area contributed by atoms with Gasteiger partial charge < -0.3 is 16.0 Å². The van der Waals surface area contributed by atoms with Crippen LogP contribution >= 0.6 is 22.9 Å². The lowest BCUT2D eigenvalue weighted by molar-refractivity contribution is 0.0962. The van der Waals surface area contributed by atoms with E-state index >= 15 is 0 Å². The van der Waals surface area contributed by atoms with Gasteiger partial charge in [0.15, 0.2) is 5.13 Å². The maximum atomic E-state index is 12.0. The second kappa shape index (κ2) is 6.95. The van der Waals surface area contributed by atoms with Crippen LogP contribution in [-0.2, 0) is 0 Å². The van der Waals surface area contributed by atoms with E-state index in [0.717, 1.165) is 31.1 Å². The molecule has 0 saturated carbocycles. The van der Waals surface area contributed by atoms with Crippen LogP contribution in [0.15, 0.2) is 11.6 Å². The van der Waals surface area contributed by atoms with Gasteiger partial charge in [0.25, 0.3) is 5.91 Å². The minimum atomic E-state index is -0.247. The van der Waals surface area contributed by atoms with E-state index in [1.807, 2.05) is 0 Å². The summed E-state index contributed by atoms with van der Waals surface area (Å²) in [7, 11) is 0. The molecule has 1 amide bonds. The summed E-state index contributed by atoms with van der Waals surface area (Å²) in [6.45, 7) is 5.72. The Kier molecular flexibility index (Phi) is 5.25. The summed E-state index contributed by atoms with van der Waals surface area (Å²) in [6, 6.07) is 0. The molecular formula is C13H19ClN4OS. The Morgan fingerprint density at radius 1 is 1.40 bits per heavy atom. The van der Waals surface area contributed by atoms with Crippen LogP contribution in [0.2, 0.25) is 0 Å². The molecule has 1 aromatic rings. The predicted molar refractivity (Wildman–Crippen MR) is 84.5 cm³/mol. The van der Waals surface area contributed by atoms with Gasteiger partial charge in [0.2, 0.25) is 0 Å². The fraction of sp³-hybridized carbons (Fsp3) is 0.538. The number of carbonyl (C=O) groups excluding carboxylic acids is 1. The third-order valence-corrected chi connectivity index (χ3v) is 4.43. The first-order valence-electron chi connectivity index (χ1n) is 6.70. The van der Waals surface area contributed by atoms with Crippen molar-refractivity contribution in [1.82, 2.24) is 10.3 Å². The number of rotatable bonds is 4. The summed E-state index contributed by atoms with van der Waals surface area (Å²) in [5, 5.41) is 3.89. The van der Waals surface area contributed by atoms with Crippen molar-refractivity contribution in [2.45, 2.75) is 25.7 Å². The van der Waals surface area contributed by atoms with Crippen molar-refractivity contribution < 1.29 is 4.79 Å². The molecule has 3 N–H and O–H groups in total. The fourth-order valence-corrected chi connectivity index (χ4v) is 3.16. The molecule has 2 heterocycles. The lowest BCUT2D eigenvalue weighted by atomic mass is 10.2. The Balaban J connectivity index is 2.07. The number of nitrogens with one attached hydrogen (secondary N) is 1. The average molecular weight is 315 g/mol. The number of nitrogens with zero attached hydrogens (tertiary/aromatic N) is 2. The van der Waals surface area contributed by atoms with Gasteiger partial charge in [0.1, 0.15) is 10.7 Å². The van der Waals surface area contributed by atoms with Crippen molar-refractivity contribution >= 4 is 39.8 Å². The summed E-state index contributed by atoms with van der Waals surface area (Å²) in [5.74, 6) is 0.0369. The summed E-state index contributed by atoms with van der Waals surface area (Å²) in [5.41, 5.74) is 5.85. The van der Waals surface area contributed by atoms with Crippen LogP contribution in [0.3, 0.4) is 0 Å². The largest absolute Gasteiger partial charge is 0.382 e. The molecule has 1 aliphatic rings. The Hall–Kier alpha value is -1.27. The van der Waals surface area contributed by atoms with E-state index in [2.05, 4.69) is 21.8 Å². The molecule has 0 aromatic carbocycles. The van der Waals surface area contributed by atoms with Crippen LogP contribution < -0.4 is 16.0 Å². The van der Waals surface area contributed by atoms with Gasteiger partial charge in [0, 0.05) is 18.1 Å². The molecule has 1 saturated heterocycles. The van der Waals surface area contributed by atoms with Gasteiger partial charge in [-0.15, -0.1) is 0 Å². The molecule has 110 valence electrons. The lowest BCUT2D eigenvalue weighted by Gasteiger charge is -2.18. The van der Waals surface area contributed by atoms with E-state index in [0.29, 0.717) is 9.91 Å². The van der Waals surface area contributed by atoms with Crippen molar-refractivity contribution in [2.24, 2.45) is 0 Å². The van der Waals surface area contributed by atoms with E-state index in [4.69, 9.17) is 17.3 Å². The maximum Gasteiger partial charge on any atom is 0.265 e. The zero-order chi connectivity index (χ0) is 14.5. The molecule has 20 heavy (non-hydrogen) atoms. The molecule has 5 nitrogen and oxygen atoms in total. The third-order valence-electron chi connectivity index (χ3n) is 3.17. The summed E-state index contributed by atoms with van der Waals surface area (Å²) < 4.78 is 0. The molecule has 2 rings (SSSR count). The molecule has 0 radical (unpaired) electrons. The van der Waals surface area contributed by atoms with Gasteiger partial charge in [-0.1, -0.05) is 42.4 Å². The first-order valence-corrected chi connectivity index (χ1v) is 7.90. The first kappa shape index (κ1) is 15.1. The maximum absolute atomic E-state index is 12.0. The minimum absolute atomic E-state index is 0.233. The SMILES string of the molecule is C=C(Cl)CNC(=O)c1sc(N2CCCCCC2)nc1N. The van der Waals surface area contributed by atoms with Crippen LogP contribution in [-0.4, -0.2) is 30.5 Å². The fourth-order valence-electron chi connectivity index (χ4n) is 2.14. The van der Waals surface area contributed by atoms with Crippen molar-refractivity contribution in [1.29, 1.82) is 0 Å². The van der Waals surface area contributed by atoms with Crippen molar-refractivity contribution in [3.63, 3.8) is 0 Å². The van der Waals surface area contributed by atoms with Crippen LogP contribution in [0.4, 0.5) is 10.9 Å². The van der Waals surface area contributed by atoms with Gasteiger partial charge in [-0.05, 0) is 12.8 Å². The van der Waals surface area contributed by atoms with E-state index in [-0.39, 0.29) is 18.3 Å². The smallest absolute Gasteiger partial charge is 0.265 e. The monoisotopic (exact) mass is 314 g/mol. The summed E-state index contributed by atoms with van der Waals surface area (Å²) in [4.78, 5) is 19.0. The van der Waals surface area contributed by atoms with Crippen LogP contribution in [0.1, 0.15) is 35.4 Å². The zero-order valence-corrected chi connectivity index (χ0v) is 12.9. The van der Waals surface area contributed by atoms with Crippen LogP contribution in [0.5, 0.6) is 0 Å². The number of halogens is 1. The topological polar surface area (TPSA) is 71.2 Å². The number of carbonyl (C=O) groups is 1. The standard InChI is InChI=1S/C13H19ClN4OS/c1-9(14)8-16-12(19)10-11(15)17-13(20-10)18-6-4-2-3-5-7-18/h1-8,15H2,(H,16,19). The predicted octanol–water partition coefficient (Wildman–Crippen LogP) is 2.59. The van der Waals surface area contributed by atoms with E-state index in [1.54, 1.807) is 0 Å². The quantitative estimate of drug-likeness (QED) is 0.896. The Morgan fingerprint density at radius 2 is 2.05 bits per heavy atom. The van der Waals surface area contributed by atoms with Crippen molar-refractivity contribution in [3.05, 3.63) is 16.5 Å². The number of thiazole rings is 1. The molecule has 7 heteroatoms. The van der Waals surface area contributed by atoms with Gasteiger partial charge in [-0.25, -0.2) is 4.98 Å². The van der Waals surface area contributed by atoms with Crippen LogP contribution in [0.25, 0.3) is 0 Å². The molecule has 0 atom stereocenters. The highest BCUT2D eigenvalue weighted by molar-refractivity contribution is 7.18. The Morgan fingerprint density at radius 3 is 2.65 bits per heavy atom. The summed E-state index contributed by atoms with van der Waals surface area (Å²) in [6.07, 6.45) is 4.82. The number of aromatic nitrogens is 1. The Bertz CT molecular complexity index is 495. The number of nitrogens with two attached hydrogens (primary N) is 1. The first-order chi connectivity index (χ1) is 9.58. The van der Waals surface area contributed by atoms with Gasteiger partial charge in [-0.3, -0.25) is 4.79 Å². The third kappa shape index (κ3) is 3.86. The van der Waals surface area contributed by atoms with E-state index in [1.165, 1.54) is 24.2 Å². The number of amides is 1. The number of nitrogen functional groups attached to an aromatic ring is 1. The van der Waals surface area contributed by atoms with Gasteiger partial charge in [0.05, 0.1) is 6.54 Å². The molecule has 1 aliphatic heterocycles. The molecule has 0 unspecified atom stereocenters. The van der Waals surface area contributed by atoms with Gasteiger partial charge in [-0.2, -0.15) is 0 Å². The van der Waals surface area contributed by atoms with E-state index < -0.39 is 0 Å². The Labute approximate surface area is 127 Å². The highest BCUT2D eigenvalue weighted by atomic mass is 35.5. The van der Waals surface area contributed by atoms with Crippen molar-refractivity contribution in [3.8, 4) is 0 Å². The lowest BCUT2D eigenvalue weighted by Crippen LogP contribution is -2.24.